The number of carbonyl (C=O) groups is 1. The molecule has 3 heteroatoms. The normalized spacial score (nSPS) is 55.0. The lowest BCUT2D eigenvalue weighted by Crippen LogP contribution is -2.67. The molecule has 0 aromatic carbocycles. The average molecular weight is 457 g/mol. The van der Waals surface area contributed by atoms with E-state index in [2.05, 4.69) is 48.1 Å². The minimum absolute atomic E-state index is 0.0202. The number of aliphatic hydroxyl groups excluding tert-OH is 1. The number of aliphatic hydroxyl groups is 1. The topological polar surface area (TPSA) is 57.5 Å². The van der Waals surface area contributed by atoms with Crippen LogP contribution in [0.25, 0.3) is 0 Å². The first-order valence-electron chi connectivity index (χ1n) is 13.8. The molecule has 186 valence electrons. The van der Waals surface area contributed by atoms with Crippen LogP contribution in [0.15, 0.2) is 12.2 Å². The van der Waals surface area contributed by atoms with Crippen molar-refractivity contribution in [3.8, 4) is 0 Å². The van der Waals surface area contributed by atoms with E-state index in [1.165, 1.54) is 31.3 Å². The summed E-state index contributed by atoms with van der Waals surface area (Å²) in [7, 11) is 0. The summed E-state index contributed by atoms with van der Waals surface area (Å²) in [4.78, 5) is 12.8. The van der Waals surface area contributed by atoms with Gasteiger partial charge in [-0.1, -0.05) is 46.8 Å². The lowest BCUT2D eigenvalue weighted by Gasteiger charge is -2.72. The molecule has 2 N–H and O–H groups in total. The van der Waals surface area contributed by atoms with E-state index in [0.717, 1.165) is 38.5 Å². The molecule has 0 saturated heterocycles. The highest BCUT2D eigenvalue weighted by molar-refractivity contribution is 5.76. The molecular formula is C30H48O3. The monoisotopic (exact) mass is 456 g/mol. The van der Waals surface area contributed by atoms with Crippen LogP contribution in [0.2, 0.25) is 0 Å². The molecule has 0 bridgehead atoms. The van der Waals surface area contributed by atoms with Gasteiger partial charge < -0.3 is 10.2 Å². The molecule has 0 aromatic heterocycles. The van der Waals surface area contributed by atoms with Crippen LogP contribution in [0.3, 0.4) is 0 Å². The van der Waals surface area contributed by atoms with Crippen LogP contribution in [0, 0.1) is 56.7 Å². The molecule has 5 rings (SSSR count). The van der Waals surface area contributed by atoms with Gasteiger partial charge in [0, 0.05) is 0 Å². The third-order valence-electron chi connectivity index (χ3n) is 13.5. The van der Waals surface area contributed by atoms with Gasteiger partial charge in [-0.05, 0) is 122 Å². The maximum atomic E-state index is 12.8. The lowest BCUT2D eigenvalue weighted by atomic mass is 9.32. The molecule has 0 radical (unpaired) electrons. The fraction of sp³-hybridized carbons (Fsp3) is 0.900. The summed E-state index contributed by atoms with van der Waals surface area (Å²) in [5, 5.41) is 21.4. The van der Waals surface area contributed by atoms with Crippen molar-refractivity contribution in [1.82, 2.24) is 0 Å². The Morgan fingerprint density at radius 2 is 1.52 bits per heavy atom. The van der Waals surface area contributed by atoms with E-state index in [1.54, 1.807) is 0 Å². The van der Waals surface area contributed by atoms with E-state index in [1.807, 2.05) is 0 Å². The highest BCUT2D eigenvalue weighted by atomic mass is 16.4. The van der Waals surface area contributed by atoms with E-state index in [-0.39, 0.29) is 33.7 Å². The molecule has 5 aliphatic carbocycles. The zero-order chi connectivity index (χ0) is 24.2. The molecule has 5 aliphatic rings. The van der Waals surface area contributed by atoms with Crippen LogP contribution >= 0.6 is 0 Å². The Hall–Kier alpha value is -0.830. The van der Waals surface area contributed by atoms with Crippen LogP contribution in [0.5, 0.6) is 0 Å². The molecule has 0 aromatic rings. The fourth-order valence-corrected chi connectivity index (χ4v) is 11.5. The van der Waals surface area contributed by atoms with E-state index in [4.69, 9.17) is 0 Å². The molecule has 2 unspecified atom stereocenters. The number of fused-ring (bicyclic) bond motifs is 7. The third-order valence-corrected chi connectivity index (χ3v) is 13.5. The predicted molar refractivity (Wildman–Crippen MR) is 133 cm³/mol. The largest absolute Gasteiger partial charge is 0.481 e. The van der Waals surface area contributed by atoms with Crippen LogP contribution in [0.4, 0.5) is 0 Å². The summed E-state index contributed by atoms with van der Waals surface area (Å²) in [6.45, 7) is 18.8. The zero-order valence-corrected chi connectivity index (χ0v) is 22.0. The molecule has 0 amide bonds. The minimum atomic E-state index is -0.538. The van der Waals surface area contributed by atoms with Crippen molar-refractivity contribution in [3.05, 3.63) is 12.2 Å². The summed E-state index contributed by atoms with van der Waals surface area (Å²) in [5.41, 5.74) is 1.35. The summed E-state index contributed by atoms with van der Waals surface area (Å²) in [6, 6.07) is 0. The number of rotatable bonds is 2. The summed E-state index contributed by atoms with van der Waals surface area (Å²) < 4.78 is 0. The Bertz CT molecular complexity index is 861. The predicted octanol–water partition coefficient (Wildman–Crippen LogP) is 7.09. The maximum absolute atomic E-state index is 12.8. The highest BCUT2D eigenvalue weighted by Gasteiger charge is 2.71. The molecular weight excluding hydrogens is 408 g/mol. The van der Waals surface area contributed by atoms with Crippen molar-refractivity contribution in [3.63, 3.8) is 0 Å². The van der Waals surface area contributed by atoms with Crippen molar-refractivity contribution < 1.29 is 15.0 Å². The molecule has 0 heterocycles. The SMILES string of the molecule is C=C(C)[C@@H]1CC[C@]2(C(=O)O)CC[C@]3(C)[C@H](CCC4[C@@]5(C)CC[C@H](O)C(C)(C)C5CC[C@]43C)[C@@H]12. The smallest absolute Gasteiger partial charge is 0.309 e. The van der Waals surface area contributed by atoms with Crippen LogP contribution < -0.4 is 0 Å². The van der Waals surface area contributed by atoms with Gasteiger partial charge in [-0.15, -0.1) is 0 Å². The third kappa shape index (κ3) is 2.75. The Balaban J connectivity index is 1.57. The first kappa shape index (κ1) is 23.9. The standard InChI is InChI=1S/C30H48O3/c1-18(2)19-10-15-30(25(32)33)17-16-28(6)20(24(19)30)8-9-22-27(5)13-12-23(31)26(3,4)21(27)11-14-29(22,28)7/h19-24,31H,1,8-17H2,2-7H3,(H,32,33)/t19-,20+,21?,22?,23-,24+,27-,28+,29+,30-/m0/s1. The summed E-state index contributed by atoms with van der Waals surface area (Å²) >= 11 is 0. The first-order valence-corrected chi connectivity index (χ1v) is 13.8. The van der Waals surface area contributed by atoms with E-state index in [0.29, 0.717) is 23.7 Å². The molecule has 0 spiro atoms. The summed E-state index contributed by atoms with van der Waals surface area (Å²) in [5.74, 6) is 1.79. The number of hydrogen-bond acceptors (Lipinski definition) is 2. The second kappa shape index (κ2) is 7.11. The summed E-state index contributed by atoms with van der Waals surface area (Å²) in [6.07, 6.45) is 10.5. The fourth-order valence-electron chi connectivity index (χ4n) is 11.5. The average Bonchev–Trinajstić information content (AvgIpc) is 3.13. The highest BCUT2D eigenvalue weighted by Crippen LogP contribution is 2.77. The molecule has 0 aliphatic heterocycles. The Labute approximate surface area is 201 Å². The Kier molecular flexibility index (Phi) is 5.15. The van der Waals surface area contributed by atoms with Gasteiger partial charge in [-0.25, -0.2) is 0 Å². The van der Waals surface area contributed by atoms with Crippen molar-refractivity contribution >= 4 is 5.97 Å². The van der Waals surface area contributed by atoms with E-state index >= 15 is 0 Å². The first-order chi connectivity index (χ1) is 15.3. The van der Waals surface area contributed by atoms with Gasteiger partial charge in [-0.3, -0.25) is 4.79 Å². The Morgan fingerprint density at radius 3 is 2.15 bits per heavy atom. The van der Waals surface area contributed by atoms with Crippen molar-refractivity contribution in [2.24, 2.45) is 56.7 Å². The quantitative estimate of drug-likeness (QED) is 0.436. The second-order valence-corrected chi connectivity index (χ2v) is 14.5. The lowest BCUT2D eigenvalue weighted by molar-refractivity contribution is -0.248. The van der Waals surface area contributed by atoms with Crippen molar-refractivity contribution in [2.45, 2.75) is 112 Å². The molecule has 5 fully saturated rings. The number of carboxylic acid groups (broad SMARTS) is 1. The number of hydrogen-bond donors (Lipinski definition) is 2. The van der Waals surface area contributed by atoms with Gasteiger partial charge in [0.15, 0.2) is 0 Å². The van der Waals surface area contributed by atoms with Crippen molar-refractivity contribution in [2.75, 3.05) is 0 Å². The van der Waals surface area contributed by atoms with Gasteiger partial charge in [-0.2, -0.15) is 0 Å². The number of aliphatic carboxylic acids is 1. The van der Waals surface area contributed by atoms with E-state index < -0.39 is 11.4 Å². The Morgan fingerprint density at radius 1 is 0.818 bits per heavy atom. The van der Waals surface area contributed by atoms with Gasteiger partial charge in [0.1, 0.15) is 0 Å². The van der Waals surface area contributed by atoms with Crippen LogP contribution in [-0.4, -0.2) is 22.3 Å². The van der Waals surface area contributed by atoms with Crippen molar-refractivity contribution in [1.29, 1.82) is 0 Å². The number of allylic oxidation sites excluding steroid dienone is 1. The zero-order valence-electron chi connectivity index (χ0n) is 22.0. The van der Waals surface area contributed by atoms with Gasteiger partial charge in [0.25, 0.3) is 0 Å². The van der Waals surface area contributed by atoms with Crippen LogP contribution in [-0.2, 0) is 4.79 Å². The molecule has 3 nitrogen and oxygen atoms in total. The number of carboxylic acids is 1. The van der Waals surface area contributed by atoms with E-state index in [9.17, 15) is 15.0 Å². The molecule has 10 atom stereocenters. The van der Waals surface area contributed by atoms with Crippen LogP contribution in [0.1, 0.15) is 106 Å². The van der Waals surface area contributed by atoms with Gasteiger partial charge >= 0.3 is 5.97 Å². The van der Waals surface area contributed by atoms with Gasteiger partial charge in [0.05, 0.1) is 11.5 Å². The minimum Gasteiger partial charge on any atom is -0.481 e. The van der Waals surface area contributed by atoms with Gasteiger partial charge in [0.2, 0.25) is 0 Å². The maximum Gasteiger partial charge on any atom is 0.309 e. The second-order valence-electron chi connectivity index (χ2n) is 14.5. The molecule has 5 saturated carbocycles. The molecule has 33 heavy (non-hydrogen) atoms.